The number of rotatable bonds is 7. The molecule has 0 spiro atoms. The highest BCUT2D eigenvalue weighted by Gasteiger charge is 2.51. The summed E-state index contributed by atoms with van der Waals surface area (Å²) in [6.45, 7) is 4.01. The first kappa shape index (κ1) is 20.8. The van der Waals surface area contributed by atoms with Crippen LogP contribution < -0.4 is 5.32 Å². The molecule has 28 heavy (non-hydrogen) atoms. The molecule has 0 bridgehead atoms. The van der Waals surface area contributed by atoms with Crippen molar-refractivity contribution in [2.75, 3.05) is 7.05 Å². The summed E-state index contributed by atoms with van der Waals surface area (Å²) in [5.74, 6) is -0.00828. The maximum atomic E-state index is 12.7. The average molecular weight is 421 g/mol. The van der Waals surface area contributed by atoms with Crippen LogP contribution in [-0.2, 0) is 26.8 Å². The van der Waals surface area contributed by atoms with Crippen molar-refractivity contribution in [3.63, 3.8) is 0 Å². The molecule has 1 amide bonds. The van der Waals surface area contributed by atoms with Crippen molar-refractivity contribution in [1.29, 1.82) is 0 Å². The van der Waals surface area contributed by atoms with Crippen LogP contribution in [0.15, 0.2) is 53.4 Å². The summed E-state index contributed by atoms with van der Waals surface area (Å²) in [6, 6.07) is 13.9. The Morgan fingerprint density at radius 2 is 1.68 bits per heavy atom. The predicted molar refractivity (Wildman–Crippen MR) is 111 cm³/mol. The van der Waals surface area contributed by atoms with Gasteiger partial charge in [0, 0.05) is 24.7 Å². The third-order valence-electron chi connectivity index (χ3n) is 5.36. The number of nitrogens with zero attached hydrogens (tertiary/aromatic N) is 1. The Labute approximate surface area is 171 Å². The molecule has 0 saturated heterocycles. The Kier molecular flexibility index (Phi) is 5.84. The summed E-state index contributed by atoms with van der Waals surface area (Å²) in [6.07, 6.45) is 1.64. The van der Waals surface area contributed by atoms with Gasteiger partial charge in [-0.2, -0.15) is 4.31 Å². The van der Waals surface area contributed by atoms with Crippen LogP contribution in [-0.4, -0.2) is 31.7 Å². The number of halogens is 1. The van der Waals surface area contributed by atoms with Crippen LogP contribution >= 0.6 is 11.6 Å². The molecular formula is C21H25ClN2O3S. The molecule has 5 nitrogen and oxygen atoms in total. The van der Waals surface area contributed by atoms with Crippen LogP contribution in [0.5, 0.6) is 0 Å². The van der Waals surface area contributed by atoms with E-state index in [0.29, 0.717) is 11.6 Å². The second kappa shape index (κ2) is 7.85. The highest BCUT2D eigenvalue weighted by molar-refractivity contribution is 7.89. The van der Waals surface area contributed by atoms with Gasteiger partial charge in [-0.25, -0.2) is 8.42 Å². The molecular weight excluding hydrogens is 396 g/mol. The van der Waals surface area contributed by atoms with E-state index in [1.165, 1.54) is 4.31 Å². The first-order valence-corrected chi connectivity index (χ1v) is 11.1. The van der Waals surface area contributed by atoms with E-state index in [4.69, 9.17) is 11.6 Å². The lowest BCUT2D eigenvalue weighted by Crippen LogP contribution is -2.34. The minimum Gasteiger partial charge on any atom is -0.351 e. The number of hydrogen-bond donors (Lipinski definition) is 1. The van der Waals surface area contributed by atoms with E-state index >= 15 is 0 Å². The Bertz CT molecular complexity index is 950. The Morgan fingerprint density at radius 3 is 2.18 bits per heavy atom. The zero-order chi connectivity index (χ0) is 20.5. The van der Waals surface area contributed by atoms with Crippen molar-refractivity contribution in [1.82, 2.24) is 9.62 Å². The van der Waals surface area contributed by atoms with E-state index in [2.05, 4.69) is 5.32 Å². The van der Waals surface area contributed by atoms with Gasteiger partial charge in [0.15, 0.2) is 0 Å². The maximum absolute atomic E-state index is 12.7. The van der Waals surface area contributed by atoms with Crippen LogP contribution in [0.2, 0.25) is 5.02 Å². The zero-order valence-electron chi connectivity index (χ0n) is 16.3. The van der Waals surface area contributed by atoms with Crippen molar-refractivity contribution >= 4 is 27.5 Å². The van der Waals surface area contributed by atoms with Crippen LogP contribution in [0.25, 0.3) is 0 Å². The molecule has 3 rings (SSSR count). The van der Waals surface area contributed by atoms with E-state index in [-0.39, 0.29) is 16.8 Å². The third kappa shape index (κ3) is 4.09. The number of carbonyl (C=O) groups excluding carboxylic acids is 1. The normalized spacial score (nSPS) is 15.6. The van der Waals surface area contributed by atoms with Gasteiger partial charge in [-0.05, 0) is 62.1 Å². The lowest BCUT2D eigenvalue weighted by Gasteiger charge is -2.21. The molecule has 7 heteroatoms. The first-order chi connectivity index (χ1) is 13.2. The quantitative estimate of drug-likeness (QED) is 0.742. The summed E-state index contributed by atoms with van der Waals surface area (Å²) in [5.41, 5.74) is 1.37. The van der Waals surface area contributed by atoms with Crippen molar-refractivity contribution in [3.05, 3.63) is 64.7 Å². The van der Waals surface area contributed by atoms with Gasteiger partial charge in [0.2, 0.25) is 15.9 Å². The number of hydrogen-bond acceptors (Lipinski definition) is 3. The van der Waals surface area contributed by atoms with Gasteiger partial charge in [0.25, 0.3) is 0 Å². The molecule has 150 valence electrons. The zero-order valence-corrected chi connectivity index (χ0v) is 17.8. The molecule has 0 unspecified atom stereocenters. The van der Waals surface area contributed by atoms with E-state index < -0.39 is 15.4 Å². The smallest absolute Gasteiger partial charge is 0.243 e. The standard InChI is InChI=1S/C21H25ClN2O3S/c1-15(2)24(3)28(26,27)19-10-4-16(5-11-19)14-23-20(25)21(12-13-21)17-6-8-18(22)9-7-17/h4-11,15H,12-14H2,1-3H3,(H,23,25). The van der Waals surface area contributed by atoms with Gasteiger partial charge in [-0.3, -0.25) is 4.79 Å². The number of nitrogens with one attached hydrogen (secondary N) is 1. The molecule has 0 aliphatic heterocycles. The minimum absolute atomic E-state index is 0.00828. The van der Waals surface area contributed by atoms with Crippen molar-refractivity contribution in [2.45, 2.75) is 49.6 Å². The average Bonchev–Trinajstić information content (AvgIpc) is 3.48. The van der Waals surface area contributed by atoms with Crippen molar-refractivity contribution < 1.29 is 13.2 Å². The number of amides is 1. The summed E-state index contributed by atoms with van der Waals surface area (Å²) in [7, 11) is -1.93. The maximum Gasteiger partial charge on any atom is 0.243 e. The first-order valence-electron chi connectivity index (χ1n) is 9.28. The van der Waals surface area contributed by atoms with Gasteiger partial charge in [-0.15, -0.1) is 0 Å². The summed E-state index contributed by atoms with van der Waals surface area (Å²) in [4.78, 5) is 13.0. The second-order valence-electron chi connectivity index (χ2n) is 7.53. The molecule has 0 radical (unpaired) electrons. The summed E-state index contributed by atoms with van der Waals surface area (Å²) >= 11 is 5.94. The van der Waals surface area contributed by atoms with E-state index in [9.17, 15) is 13.2 Å². The van der Waals surface area contributed by atoms with E-state index in [0.717, 1.165) is 24.0 Å². The van der Waals surface area contributed by atoms with Crippen molar-refractivity contribution in [2.24, 2.45) is 0 Å². The van der Waals surface area contributed by atoms with Gasteiger partial charge < -0.3 is 5.32 Å². The summed E-state index contributed by atoms with van der Waals surface area (Å²) in [5, 5.41) is 3.63. The van der Waals surface area contributed by atoms with Crippen LogP contribution in [0, 0.1) is 0 Å². The lowest BCUT2D eigenvalue weighted by molar-refractivity contribution is -0.123. The number of sulfonamides is 1. The van der Waals surface area contributed by atoms with E-state index in [1.54, 1.807) is 43.4 Å². The fraction of sp³-hybridized carbons (Fsp3) is 0.381. The molecule has 1 N–H and O–H groups in total. The number of benzene rings is 2. The van der Waals surface area contributed by atoms with Crippen LogP contribution in [0.3, 0.4) is 0 Å². The van der Waals surface area contributed by atoms with Gasteiger partial charge in [-0.1, -0.05) is 35.9 Å². The molecule has 0 heterocycles. The second-order valence-corrected chi connectivity index (χ2v) is 9.96. The molecule has 1 fully saturated rings. The topological polar surface area (TPSA) is 66.5 Å². The monoisotopic (exact) mass is 420 g/mol. The fourth-order valence-electron chi connectivity index (χ4n) is 3.12. The minimum atomic E-state index is -3.50. The van der Waals surface area contributed by atoms with Gasteiger partial charge in [0.05, 0.1) is 10.3 Å². The highest BCUT2D eigenvalue weighted by Crippen LogP contribution is 2.48. The Hall–Kier alpha value is -1.89. The molecule has 1 aliphatic carbocycles. The van der Waals surface area contributed by atoms with Gasteiger partial charge >= 0.3 is 0 Å². The molecule has 0 atom stereocenters. The molecule has 1 aliphatic rings. The van der Waals surface area contributed by atoms with Gasteiger partial charge in [0.1, 0.15) is 0 Å². The molecule has 2 aromatic carbocycles. The largest absolute Gasteiger partial charge is 0.351 e. The van der Waals surface area contributed by atoms with Crippen LogP contribution in [0.4, 0.5) is 0 Å². The van der Waals surface area contributed by atoms with Crippen molar-refractivity contribution in [3.8, 4) is 0 Å². The number of carbonyl (C=O) groups is 1. The molecule has 1 saturated carbocycles. The molecule has 2 aromatic rings. The fourth-order valence-corrected chi connectivity index (χ4v) is 4.61. The van der Waals surface area contributed by atoms with Crippen LogP contribution in [0.1, 0.15) is 37.8 Å². The highest BCUT2D eigenvalue weighted by atomic mass is 35.5. The lowest BCUT2D eigenvalue weighted by atomic mass is 9.95. The Balaban J connectivity index is 1.65. The third-order valence-corrected chi connectivity index (χ3v) is 7.66. The molecule has 0 aromatic heterocycles. The Morgan fingerprint density at radius 1 is 1.11 bits per heavy atom. The summed E-state index contributed by atoms with van der Waals surface area (Å²) < 4.78 is 26.4. The predicted octanol–water partition coefficient (Wildman–Crippen LogP) is 3.72. The SMILES string of the molecule is CC(C)N(C)S(=O)(=O)c1ccc(CNC(=O)C2(c3ccc(Cl)cc3)CC2)cc1. The van der Waals surface area contributed by atoms with E-state index in [1.807, 2.05) is 26.0 Å².